The molecular weight excluding hydrogens is 298 g/mol. The molecule has 128 valence electrons. The summed E-state index contributed by atoms with van der Waals surface area (Å²) in [7, 11) is 1.70. The van der Waals surface area contributed by atoms with E-state index in [-0.39, 0.29) is 6.04 Å². The molecule has 3 nitrogen and oxygen atoms in total. The predicted molar refractivity (Wildman–Crippen MR) is 95.0 cm³/mol. The van der Waals surface area contributed by atoms with Gasteiger partial charge in [-0.3, -0.25) is 4.79 Å². The van der Waals surface area contributed by atoms with Crippen molar-refractivity contribution in [3.8, 4) is 5.75 Å². The molecule has 3 heteroatoms. The minimum Gasteiger partial charge on any atom is -0.497 e. The molecule has 1 fully saturated rings. The number of benzene rings is 1. The lowest BCUT2D eigenvalue weighted by Gasteiger charge is -2.41. The molecule has 1 aromatic rings. The van der Waals surface area contributed by atoms with Gasteiger partial charge in [0.2, 0.25) is 5.91 Å². The van der Waals surface area contributed by atoms with Crippen molar-refractivity contribution in [1.82, 2.24) is 4.90 Å². The van der Waals surface area contributed by atoms with E-state index >= 15 is 0 Å². The standard InChI is InChI=1S/C21H27NO2/c1-24-18-10-6-15(7-11-18)14-20-19-5-3-2-4-16(19)12-13-22(20)21(23)17-8-9-17/h6-7,10-11,17,20H,2-5,8-9,12-14H2,1H3. The van der Waals surface area contributed by atoms with Gasteiger partial charge in [-0.15, -0.1) is 0 Å². The third-order valence-corrected chi connectivity index (χ3v) is 5.86. The predicted octanol–water partition coefficient (Wildman–Crippen LogP) is 4.12. The van der Waals surface area contributed by atoms with E-state index < -0.39 is 0 Å². The Bertz CT molecular complexity index is 642. The third kappa shape index (κ3) is 3.09. The van der Waals surface area contributed by atoms with Gasteiger partial charge in [0, 0.05) is 12.5 Å². The fourth-order valence-corrected chi connectivity index (χ4v) is 4.33. The minimum atomic E-state index is 0.288. The first-order chi connectivity index (χ1) is 11.8. The average Bonchev–Trinajstić information content (AvgIpc) is 3.47. The average molecular weight is 325 g/mol. The molecule has 1 atom stereocenters. The molecule has 1 saturated carbocycles. The van der Waals surface area contributed by atoms with Crippen molar-refractivity contribution in [2.45, 2.75) is 57.4 Å². The van der Waals surface area contributed by atoms with Crippen LogP contribution >= 0.6 is 0 Å². The second-order valence-electron chi connectivity index (χ2n) is 7.46. The van der Waals surface area contributed by atoms with Crippen LogP contribution in [0, 0.1) is 5.92 Å². The molecule has 0 spiro atoms. The van der Waals surface area contributed by atoms with Gasteiger partial charge in [0.15, 0.2) is 0 Å². The number of carbonyl (C=O) groups is 1. The molecule has 4 rings (SSSR count). The Labute approximate surface area is 144 Å². The third-order valence-electron chi connectivity index (χ3n) is 5.86. The molecule has 0 aromatic heterocycles. The van der Waals surface area contributed by atoms with Gasteiger partial charge in [-0.1, -0.05) is 17.7 Å². The molecule has 2 aliphatic carbocycles. The maximum atomic E-state index is 12.8. The molecule has 24 heavy (non-hydrogen) atoms. The molecule has 1 aliphatic heterocycles. The van der Waals surface area contributed by atoms with E-state index in [0.29, 0.717) is 11.8 Å². The van der Waals surface area contributed by atoms with Gasteiger partial charge in [0.1, 0.15) is 5.75 Å². The van der Waals surface area contributed by atoms with Crippen LogP contribution in [0.4, 0.5) is 0 Å². The Balaban J connectivity index is 1.60. The monoisotopic (exact) mass is 325 g/mol. The Morgan fingerprint density at radius 2 is 1.88 bits per heavy atom. The van der Waals surface area contributed by atoms with Crippen LogP contribution in [0.1, 0.15) is 50.5 Å². The number of nitrogens with zero attached hydrogens (tertiary/aromatic N) is 1. The summed E-state index contributed by atoms with van der Waals surface area (Å²) >= 11 is 0. The number of amides is 1. The van der Waals surface area contributed by atoms with E-state index in [1.807, 2.05) is 12.1 Å². The van der Waals surface area contributed by atoms with Crippen molar-refractivity contribution < 1.29 is 9.53 Å². The van der Waals surface area contributed by atoms with Crippen LogP contribution in [0.3, 0.4) is 0 Å². The fraction of sp³-hybridized carbons (Fsp3) is 0.571. The SMILES string of the molecule is COc1ccc(CC2C3=C(CCCC3)CCN2C(=O)C2CC2)cc1. The summed E-state index contributed by atoms with van der Waals surface area (Å²) in [6, 6.07) is 8.64. The van der Waals surface area contributed by atoms with Crippen LogP contribution in [-0.4, -0.2) is 30.5 Å². The van der Waals surface area contributed by atoms with Gasteiger partial charge in [0.05, 0.1) is 13.2 Å². The molecular formula is C21H27NO2. The zero-order valence-electron chi connectivity index (χ0n) is 14.6. The molecule has 0 saturated heterocycles. The van der Waals surface area contributed by atoms with Crippen molar-refractivity contribution in [3.05, 3.63) is 41.0 Å². The maximum Gasteiger partial charge on any atom is 0.226 e. The van der Waals surface area contributed by atoms with Crippen molar-refractivity contribution >= 4 is 5.91 Å². The highest BCUT2D eigenvalue weighted by Crippen LogP contribution is 2.39. The molecule has 3 aliphatic rings. The second kappa shape index (κ2) is 6.62. The van der Waals surface area contributed by atoms with E-state index in [0.717, 1.165) is 38.0 Å². The van der Waals surface area contributed by atoms with E-state index in [1.54, 1.807) is 18.3 Å². The number of carbonyl (C=O) groups excluding carboxylic acids is 1. The Kier molecular flexibility index (Phi) is 4.34. The highest BCUT2D eigenvalue weighted by molar-refractivity contribution is 5.82. The molecule has 1 aromatic carbocycles. The number of rotatable bonds is 4. The lowest BCUT2D eigenvalue weighted by atomic mass is 9.80. The molecule has 0 bridgehead atoms. The minimum absolute atomic E-state index is 0.288. The van der Waals surface area contributed by atoms with Crippen molar-refractivity contribution in [2.24, 2.45) is 5.92 Å². The molecule has 0 N–H and O–H groups in total. The van der Waals surface area contributed by atoms with E-state index in [1.165, 1.54) is 31.2 Å². The first kappa shape index (κ1) is 15.7. The Morgan fingerprint density at radius 3 is 2.58 bits per heavy atom. The lowest BCUT2D eigenvalue weighted by Crippen LogP contribution is -2.47. The van der Waals surface area contributed by atoms with Crippen molar-refractivity contribution in [2.75, 3.05) is 13.7 Å². The van der Waals surface area contributed by atoms with Gasteiger partial charge in [-0.2, -0.15) is 0 Å². The fourth-order valence-electron chi connectivity index (χ4n) is 4.33. The smallest absolute Gasteiger partial charge is 0.226 e. The summed E-state index contributed by atoms with van der Waals surface area (Å²) in [6.07, 6.45) is 9.28. The van der Waals surface area contributed by atoms with Gasteiger partial charge in [0.25, 0.3) is 0 Å². The first-order valence-corrected chi connectivity index (χ1v) is 9.40. The van der Waals surface area contributed by atoms with Crippen LogP contribution in [0.25, 0.3) is 0 Å². The zero-order chi connectivity index (χ0) is 16.5. The second-order valence-corrected chi connectivity index (χ2v) is 7.46. The number of methoxy groups -OCH3 is 1. The topological polar surface area (TPSA) is 29.5 Å². The van der Waals surface area contributed by atoms with Gasteiger partial charge < -0.3 is 9.64 Å². The quantitative estimate of drug-likeness (QED) is 0.779. The van der Waals surface area contributed by atoms with Crippen LogP contribution in [0.2, 0.25) is 0 Å². The molecule has 1 heterocycles. The summed E-state index contributed by atoms with van der Waals surface area (Å²) < 4.78 is 5.27. The highest BCUT2D eigenvalue weighted by Gasteiger charge is 2.39. The van der Waals surface area contributed by atoms with E-state index in [9.17, 15) is 4.79 Å². The number of hydrogen-bond donors (Lipinski definition) is 0. The van der Waals surface area contributed by atoms with Gasteiger partial charge >= 0.3 is 0 Å². The summed E-state index contributed by atoms with van der Waals surface area (Å²) in [5.41, 5.74) is 4.53. The molecule has 1 amide bonds. The lowest BCUT2D eigenvalue weighted by molar-refractivity contribution is -0.134. The largest absolute Gasteiger partial charge is 0.497 e. The van der Waals surface area contributed by atoms with Crippen molar-refractivity contribution in [3.63, 3.8) is 0 Å². The summed E-state index contributed by atoms with van der Waals surface area (Å²) in [4.78, 5) is 15.0. The Hall–Kier alpha value is -1.77. The van der Waals surface area contributed by atoms with Gasteiger partial charge in [-0.05, 0) is 74.6 Å². The van der Waals surface area contributed by atoms with Gasteiger partial charge in [-0.25, -0.2) is 0 Å². The number of hydrogen-bond acceptors (Lipinski definition) is 2. The highest BCUT2D eigenvalue weighted by atomic mass is 16.5. The van der Waals surface area contributed by atoms with Crippen molar-refractivity contribution in [1.29, 1.82) is 0 Å². The van der Waals surface area contributed by atoms with Crippen LogP contribution in [0.5, 0.6) is 5.75 Å². The normalized spacial score (nSPS) is 23.9. The Morgan fingerprint density at radius 1 is 1.12 bits per heavy atom. The zero-order valence-corrected chi connectivity index (χ0v) is 14.6. The number of ether oxygens (including phenoxy) is 1. The molecule has 0 radical (unpaired) electrons. The van der Waals surface area contributed by atoms with E-state index in [4.69, 9.17) is 4.74 Å². The molecule has 1 unspecified atom stereocenters. The van der Waals surface area contributed by atoms with Crippen LogP contribution in [-0.2, 0) is 11.2 Å². The van der Waals surface area contributed by atoms with E-state index in [2.05, 4.69) is 17.0 Å². The summed E-state index contributed by atoms with van der Waals surface area (Å²) in [6.45, 7) is 0.926. The van der Waals surface area contributed by atoms with Crippen LogP contribution < -0.4 is 4.74 Å². The summed E-state index contributed by atoms with van der Waals surface area (Å²) in [5, 5.41) is 0. The summed E-state index contributed by atoms with van der Waals surface area (Å²) in [5.74, 6) is 1.62. The van der Waals surface area contributed by atoms with Crippen LogP contribution in [0.15, 0.2) is 35.4 Å². The maximum absolute atomic E-state index is 12.8. The first-order valence-electron chi connectivity index (χ1n) is 9.40.